The molecule has 4 atom stereocenters. The van der Waals surface area contributed by atoms with Crippen molar-refractivity contribution in [1.82, 2.24) is 0 Å². The Labute approximate surface area is 161 Å². The van der Waals surface area contributed by atoms with Crippen LogP contribution in [0.2, 0.25) is 0 Å². The van der Waals surface area contributed by atoms with Gasteiger partial charge in [0.05, 0.1) is 12.2 Å². The number of hydrogen-bond acceptors (Lipinski definition) is 3. The lowest BCUT2D eigenvalue weighted by molar-refractivity contribution is -0.137. The predicted octanol–water partition coefficient (Wildman–Crippen LogP) is 4.96. The van der Waals surface area contributed by atoms with Crippen LogP contribution in [0.4, 0.5) is 0 Å². The van der Waals surface area contributed by atoms with Gasteiger partial charge in [-0.1, -0.05) is 42.5 Å². The molecule has 1 N–H and O–H groups in total. The zero-order chi connectivity index (χ0) is 18.2. The summed E-state index contributed by atoms with van der Waals surface area (Å²) in [6.45, 7) is 0. The minimum Gasteiger partial charge on any atom is -0.481 e. The van der Waals surface area contributed by atoms with Crippen LogP contribution in [-0.4, -0.2) is 34.8 Å². The number of aliphatic carboxylic acids is 1. The Balaban J connectivity index is 1.39. The highest BCUT2D eigenvalue weighted by Crippen LogP contribution is 2.46. The SMILES string of the molecule is O=C(O)CCCC=CC[C@@H]1[C@H](CSCCc2ccccc2)[C@@H]2CC[C@H]1O2. The highest BCUT2D eigenvalue weighted by Gasteiger charge is 2.47. The third-order valence-electron chi connectivity index (χ3n) is 5.61. The van der Waals surface area contributed by atoms with E-state index in [1.807, 2.05) is 0 Å². The molecular weight excluding hydrogens is 344 g/mol. The molecule has 2 heterocycles. The van der Waals surface area contributed by atoms with Crippen LogP contribution >= 0.6 is 11.8 Å². The van der Waals surface area contributed by atoms with Gasteiger partial charge in [-0.05, 0) is 67.4 Å². The van der Waals surface area contributed by atoms with Gasteiger partial charge in [0.1, 0.15) is 0 Å². The number of carboxylic acids is 1. The van der Waals surface area contributed by atoms with Crippen molar-refractivity contribution in [3.8, 4) is 0 Å². The zero-order valence-corrected chi connectivity index (χ0v) is 16.2. The molecule has 142 valence electrons. The molecular formula is C22H30O3S. The largest absolute Gasteiger partial charge is 0.481 e. The Morgan fingerprint density at radius 3 is 2.69 bits per heavy atom. The number of rotatable bonds is 11. The van der Waals surface area contributed by atoms with Crippen molar-refractivity contribution in [1.29, 1.82) is 0 Å². The second-order valence-corrected chi connectivity index (χ2v) is 8.57. The number of thioether (sulfide) groups is 1. The average Bonchev–Trinajstić information content (AvgIpc) is 3.24. The van der Waals surface area contributed by atoms with Crippen LogP contribution in [0.1, 0.15) is 44.1 Å². The zero-order valence-electron chi connectivity index (χ0n) is 15.4. The number of benzene rings is 1. The summed E-state index contributed by atoms with van der Waals surface area (Å²) in [7, 11) is 0. The third kappa shape index (κ3) is 5.62. The molecule has 2 bridgehead atoms. The summed E-state index contributed by atoms with van der Waals surface area (Å²) >= 11 is 2.07. The Bertz CT molecular complexity index is 586. The number of carbonyl (C=O) groups is 1. The Hall–Kier alpha value is -1.26. The van der Waals surface area contributed by atoms with E-state index in [1.165, 1.54) is 29.9 Å². The van der Waals surface area contributed by atoms with E-state index in [2.05, 4.69) is 54.2 Å². The topological polar surface area (TPSA) is 46.5 Å². The van der Waals surface area contributed by atoms with Gasteiger partial charge in [-0.25, -0.2) is 0 Å². The van der Waals surface area contributed by atoms with Gasteiger partial charge in [0.25, 0.3) is 0 Å². The van der Waals surface area contributed by atoms with Crippen LogP contribution in [-0.2, 0) is 16.0 Å². The van der Waals surface area contributed by atoms with E-state index in [1.54, 1.807) is 0 Å². The van der Waals surface area contributed by atoms with Gasteiger partial charge >= 0.3 is 5.97 Å². The van der Waals surface area contributed by atoms with E-state index in [9.17, 15) is 4.79 Å². The lowest BCUT2D eigenvalue weighted by Crippen LogP contribution is -2.28. The van der Waals surface area contributed by atoms with Gasteiger partial charge in [-0.15, -0.1) is 0 Å². The fourth-order valence-corrected chi connectivity index (χ4v) is 5.51. The first-order valence-electron chi connectivity index (χ1n) is 9.88. The average molecular weight is 375 g/mol. The first kappa shape index (κ1) is 19.5. The normalized spacial score (nSPS) is 27.4. The molecule has 1 aromatic rings. The van der Waals surface area contributed by atoms with Crippen molar-refractivity contribution in [2.75, 3.05) is 11.5 Å². The highest BCUT2D eigenvalue weighted by atomic mass is 32.2. The molecule has 2 aliphatic rings. The van der Waals surface area contributed by atoms with E-state index < -0.39 is 5.97 Å². The smallest absolute Gasteiger partial charge is 0.303 e. The summed E-state index contributed by atoms with van der Waals surface area (Å²) < 4.78 is 6.20. The molecule has 0 spiro atoms. The molecule has 0 amide bonds. The Kier molecular flexibility index (Phi) is 7.63. The molecule has 2 fully saturated rings. The Morgan fingerprint density at radius 1 is 1.15 bits per heavy atom. The number of hydrogen-bond donors (Lipinski definition) is 1. The molecule has 26 heavy (non-hydrogen) atoms. The molecule has 0 radical (unpaired) electrons. The van der Waals surface area contributed by atoms with Crippen LogP contribution in [0, 0.1) is 11.8 Å². The number of allylic oxidation sites excluding steroid dienone is 2. The van der Waals surface area contributed by atoms with Gasteiger partial charge in [0, 0.05) is 6.42 Å². The molecule has 0 aliphatic carbocycles. The molecule has 3 nitrogen and oxygen atoms in total. The highest BCUT2D eigenvalue weighted by molar-refractivity contribution is 7.99. The van der Waals surface area contributed by atoms with Crippen LogP contribution in [0.5, 0.6) is 0 Å². The summed E-state index contributed by atoms with van der Waals surface area (Å²) in [5.41, 5.74) is 1.42. The molecule has 0 aromatic heterocycles. The third-order valence-corrected chi connectivity index (χ3v) is 6.73. The van der Waals surface area contributed by atoms with E-state index in [-0.39, 0.29) is 6.42 Å². The summed E-state index contributed by atoms with van der Waals surface area (Å²) in [4.78, 5) is 10.5. The lowest BCUT2D eigenvalue weighted by Gasteiger charge is -2.27. The summed E-state index contributed by atoms with van der Waals surface area (Å²) in [5, 5.41) is 8.68. The minimum atomic E-state index is -0.701. The monoisotopic (exact) mass is 374 g/mol. The molecule has 2 saturated heterocycles. The first-order valence-corrected chi connectivity index (χ1v) is 11.0. The molecule has 2 aliphatic heterocycles. The van der Waals surface area contributed by atoms with Crippen molar-refractivity contribution in [2.45, 2.75) is 57.2 Å². The second-order valence-electron chi connectivity index (χ2n) is 7.42. The van der Waals surface area contributed by atoms with Gasteiger partial charge in [0.2, 0.25) is 0 Å². The quantitative estimate of drug-likeness (QED) is 0.439. The number of unbranched alkanes of at least 4 members (excludes halogenated alkanes) is 1. The fraction of sp³-hybridized carbons (Fsp3) is 0.591. The Morgan fingerprint density at radius 2 is 1.92 bits per heavy atom. The molecule has 4 heteroatoms. The van der Waals surface area contributed by atoms with Crippen LogP contribution in [0.3, 0.4) is 0 Å². The number of aryl methyl sites for hydroxylation is 1. The van der Waals surface area contributed by atoms with Crippen molar-refractivity contribution < 1.29 is 14.6 Å². The van der Waals surface area contributed by atoms with Crippen LogP contribution < -0.4 is 0 Å². The fourth-order valence-electron chi connectivity index (χ4n) is 4.22. The van der Waals surface area contributed by atoms with Crippen LogP contribution in [0.25, 0.3) is 0 Å². The summed E-state index contributed by atoms with van der Waals surface area (Å²) in [5.74, 6) is 3.00. The van der Waals surface area contributed by atoms with Crippen molar-refractivity contribution in [2.24, 2.45) is 11.8 Å². The number of fused-ring (bicyclic) bond motifs is 2. The molecule has 1 aromatic carbocycles. The van der Waals surface area contributed by atoms with Crippen LogP contribution in [0.15, 0.2) is 42.5 Å². The second kappa shape index (κ2) is 10.2. The summed E-state index contributed by atoms with van der Waals surface area (Å²) in [6.07, 6.45) is 11.9. The van der Waals surface area contributed by atoms with Crippen molar-refractivity contribution >= 4 is 17.7 Å². The summed E-state index contributed by atoms with van der Waals surface area (Å²) in [6, 6.07) is 10.7. The van der Waals surface area contributed by atoms with E-state index >= 15 is 0 Å². The van der Waals surface area contributed by atoms with Gasteiger partial charge in [-0.2, -0.15) is 11.8 Å². The predicted molar refractivity (Wildman–Crippen MR) is 108 cm³/mol. The first-order chi connectivity index (χ1) is 12.7. The van der Waals surface area contributed by atoms with Gasteiger partial charge < -0.3 is 9.84 Å². The number of ether oxygens (including phenoxy) is 1. The van der Waals surface area contributed by atoms with E-state index in [0.717, 1.165) is 25.7 Å². The number of carboxylic acid groups (broad SMARTS) is 1. The maximum atomic E-state index is 10.5. The maximum absolute atomic E-state index is 10.5. The lowest BCUT2D eigenvalue weighted by atomic mass is 9.78. The van der Waals surface area contributed by atoms with Gasteiger partial charge in [-0.3, -0.25) is 4.79 Å². The maximum Gasteiger partial charge on any atom is 0.303 e. The van der Waals surface area contributed by atoms with E-state index in [4.69, 9.17) is 9.84 Å². The standard InChI is InChI=1S/C22H30O3S/c23-22(24)11-7-2-1-6-10-18-19(21-13-12-20(18)25-21)16-26-15-14-17-8-4-3-5-9-17/h1,3-6,8-9,18-21H,2,7,10-16H2,(H,23,24)/t18-,19+,20-,21+/m1/s1. The minimum absolute atomic E-state index is 0.266. The van der Waals surface area contributed by atoms with Gasteiger partial charge in [0.15, 0.2) is 0 Å². The van der Waals surface area contributed by atoms with E-state index in [0.29, 0.717) is 24.0 Å². The molecule has 0 saturated carbocycles. The van der Waals surface area contributed by atoms with Crippen molar-refractivity contribution in [3.05, 3.63) is 48.0 Å². The van der Waals surface area contributed by atoms with Crippen molar-refractivity contribution in [3.63, 3.8) is 0 Å². The molecule has 3 rings (SSSR count). The molecule has 0 unspecified atom stereocenters.